The minimum atomic E-state index is -1.32. The van der Waals surface area contributed by atoms with Gasteiger partial charge in [-0.2, -0.15) is 0 Å². The Labute approximate surface area is 185 Å². The number of carbonyl (C=O) groups excluding carboxylic acids is 4. The van der Waals surface area contributed by atoms with Gasteiger partial charge in [0.2, 0.25) is 11.8 Å². The number of alkyl carbamates (subject to hydrolysis) is 1. The molecule has 12 heteroatoms. The molecule has 0 saturated carbocycles. The van der Waals surface area contributed by atoms with Crippen molar-refractivity contribution in [2.75, 3.05) is 13.2 Å². The van der Waals surface area contributed by atoms with Crippen LogP contribution < -0.4 is 27.4 Å². The molecule has 0 spiro atoms. The normalized spacial score (nSPS) is 13.1. The molecule has 0 saturated heterocycles. The smallest absolute Gasteiger partial charge is 0.408 e. The molecule has 0 heterocycles. The number of hydrogen-bond acceptors (Lipinski definition) is 7. The molecule has 0 unspecified atom stereocenters. The Morgan fingerprint density at radius 2 is 1.81 bits per heavy atom. The Morgan fingerprint density at radius 3 is 2.41 bits per heavy atom. The van der Waals surface area contributed by atoms with Gasteiger partial charge in [0.15, 0.2) is 5.96 Å². The third kappa shape index (κ3) is 10.4. The monoisotopic (exact) mass is 450 g/mol. The Morgan fingerprint density at radius 1 is 1.12 bits per heavy atom. The lowest BCUT2D eigenvalue weighted by Gasteiger charge is -2.21. The molecule has 1 rings (SSSR count). The summed E-state index contributed by atoms with van der Waals surface area (Å²) >= 11 is 0. The van der Waals surface area contributed by atoms with Gasteiger partial charge < -0.3 is 42.1 Å². The van der Waals surface area contributed by atoms with Gasteiger partial charge in [-0.15, -0.1) is 0 Å². The second kappa shape index (κ2) is 14.4. The molecule has 0 bridgehead atoms. The van der Waals surface area contributed by atoms with E-state index in [1.165, 1.54) is 6.92 Å². The second-order valence-electron chi connectivity index (χ2n) is 6.87. The van der Waals surface area contributed by atoms with Crippen molar-refractivity contribution < 1.29 is 29.0 Å². The molecule has 0 radical (unpaired) electrons. The Kier molecular flexibility index (Phi) is 11.8. The van der Waals surface area contributed by atoms with Gasteiger partial charge in [-0.1, -0.05) is 30.3 Å². The molecule has 3 atom stereocenters. The highest BCUT2D eigenvalue weighted by Crippen LogP contribution is 2.01. The van der Waals surface area contributed by atoms with Crippen LogP contribution in [0.2, 0.25) is 0 Å². The summed E-state index contributed by atoms with van der Waals surface area (Å²) < 4.78 is 5.01. The van der Waals surface area contributed by atoms with Crippen LogP contribution in [0.1, 0.15) is 25.3 Å². The van der Waals surface area contributed by atoms with Gasteiger partial charge in [0.1, 0.15) is 25.0 Å². The van der Waals surface area contributed by atoms with E-state index in [-0.39, 0.29) is 12.6 Å². The van der Waals surface area contributed by atoms with Crippen LogP contribution >= 0.6 is 0 Å². The molecule has 176 valence electrons. The van der Waals surface area contributed by atoms with Gasteiger partial charge in [-0.3, -0.25) is 14.6 Å². The summed E-state index contributed by atoms with van der Waals surface area (Å²) in [6, 6.07) is 5.77. The third-order valence-electron chi connectivity index (χ3n) is 4.22. The number of ether oxygens (including phenoxy) is 1. The topological polar surface area (TPSA) is 198 Å². The zero-order valence-corrected chi connectivity index (χ0v) is 17.8. The molecular formula is C20H30N6O6. The van der Waals surface area contributed by atoms with Crippen LogP contribution in [0.25, 0.3) is 0 Å². The van der Waals surface area contributed by atoms with Crippen molar-refractivity contribution in [2.24, 2.45) is 16.5 Å². The number of amides is 3. The molecule has 0 aliphatic heterocycles. The fourth-order valence-corrected chi connectivity index (χ4v) is 2.48. The van der Waals surface area contributed by atoms with Gasteiger partial charge >= 0.3 is 6.09 Å². The number of rotatable bonds is 13. The van der Waals surface area contributed by atoms with Crippen LogP contribution in [-0.4, -0.2) is 66.5 Å². The maximum Gasteiger partial charge on any atom is 0.408 e. The van der Waals surface area contributed by atoms with E-state index in [0.29, 0.717) is 25.7 Å². The number of aliphatic hydroxyl groups excluding tert-OH is 1. The van der Waals surface area contributed by atoms with Crippen molar-refractivity contribution in [3.8, 4) is 0 Å². The molecule has 8 N–H and O–H groups in total. The van der Waals surface area contributed by atoms with Crippen molar-refractivity contribution in [3.63, 3.8) is 0 Å². The number of nitrogens with two attached hydrogens (primary N) is 2. The highest BCUT2D eigenvalue weighted by atomic mass is 16.5. The predicted molar refractivity (Wildman–Crippen MR) is 116 cm³/mol. The summed E-state index contributed by atoms with van der Waals surface area (Å²) in [5.41, 5.74) is 11.2. The zero-order valence-electron chi connectivity index (χ0n) is 17.8. The first-order valence-electron chi connectivity index (χ1n) is 9.96. The van der Waals surface area contributed by atoms with Gasteiger partial charge in [0, 0.05) is 6.54 Å². The van der Waals surface area contributed by atoms with E-state index in [2.05, 4.69) is 20.9 Å². The summed E-state index contributed by atoms with van der Waals surface area (Å²) in [5, 5.41) is 16.5. The average Bonchev–Trinajstić information content (AvgIpc) is 2.78. The number of nitrogens with one attached hydrogen (secondary N) is 3. The molecule has 1 aromatic carbocycles. The SMILES string of the molecule is C[C@H](NC(=O)[C@H](CO)NC(=O)OCc1ccccc1)C(=O)N[C@H](C=O)CCCN=C(N)N. The number of nitrogens with zero attached hydrogens (tertiary/aromatic N) is 1. The minimum absolute atomic E-state index is 0.0124. The van der Waals surface area contributed by atoms with Gasteiger partial charge in [-0.25, -0.2) is 4.79 Å². The molecular weight excluding hydrogens is 420 g/mol. The largest absolute Gasteiger partial charge is 0.445 e. The third-order valence-corrected chi connectivity index (χ3v) is 4.22. The summed E-state index contributed by atoms with van der Waals surface area (Å²) in [6.07, 6.45) is 0.440. The zero-order chi connectivity index (χ0) is 23.9. The van der Waals surface area contributed by atoms with Gasteiger partial charge in [0.05, 0.1) is 12.6 Å². The van der Waals surface area contributed by atoms with Crippen molar-refractivity contribution >= 4 is 30.2 Å². The van der Waals surface area contributed by atoms with E-state index in [1.807, 2.05) is 6.07 Å². The summed E-state index contributed by atoms with van der Waals surface area (Å²) in [7, 11) is 0. The molecule has 12 nitrogen and oxygen atoms in total. The first kappa shape index (κ1) is 26.4. The first-order chi connectivity index (χ1) is 15.3. The van der Waals surface area contributed by atoms with E-state index in [0.717, 1.165) is 5.56 Å². The van der Waals surface area contributed by atoms with Crippen LogP contribution in [0.15, 0.2) is 35.3 Å². The van der Waals surface area contributed by atoms with Crippen LogP contribution in [0.5, 0.6) is 0 Å². The highest BCUT2D eigenvalue weighted by molar-refractivity contribution is 5.91. The average molecular weight is 450 g/mol. The van der Waals surface area contributed by atoms with E-state index >= 15 is 0 Å². The summed E-state index contributed by atoms with van der Waals surface area (Å²) in [4.78, 5) is 51.4. The number of benzene rings is 1. The minimum Gasteiger partial charge on any atom is -0.445 e. The van der Waals surface area contributed by atoms with Crippen molar-refractivity contribution in [2.45, 2.75) is 44.5 Å². The quantitative estimate of drug-likeness (QED) is 0.0904. The lowest BCUT2D eigenvalue weighted by Crippen LogP contribution is -2.55. The molecule has 0 aromatic heterocycles. The van der Waals surface area contributed by atoms with Gasteiger partial charge in [-0.05, 0) is 25.3 Å². The van der Waals surface area contributed by atoms with Crippen molar-refractivity contribution in [3.05, 3.63) is 35.9 Å². The highest BCUT2D eigenvalue weighted by Gasteiger charge is 2.25. The summed E-state index contributed by atoms with van der Waals surface area (Å²) in [6.45, 7) is 0.986. The maximum atomic E-state index is 12.3. The van der Waals surface area contributed by atoms with E-state index in [1.54, 1.807) is 24.3 Å². The number of carbonyl (C=O) groups is 4. The maximum absolute atomic E-state index is 12.3. The molecule has 1 aromatic rings. The molecule has 0 aliphatic rings. The fraction of sp³-hybridized carbons (Fsp3) is 0.450. The van der Waals surface area contributed by atoms with E-state index in [9.17, 15) is 24.3 Å². The molecule has 0 fully saturated rings. The predicted octanol–water partition coefficient (Wildman–Crippen LogP) is -1.48. The number of aliphatic hydroxyl groups is 1. The standard InChI is InChI=1S/C20H30N6O6/c1-13(17(29)25-15(10-27)8-5-9-23-19(21)22)24-18(30)16(11-28)26-20(31)32-12-14-6-3-2-4-7-14/h2-4,6-7,10,13,15-16,28H,5,8-9,11-12H2,1H3,(H,24,30)(H,25,29)(H,26,31)(H4,21,22,23)/t13-,15-,16-/m0/s1. The fourth-order valence-electron chi connectivity index (χ4n) is 2.48. The molecule has 32 heavy (non-hydrogen) atoms. The Bertz CT molecular complexity index is 784. The second-order valence-corrected chi connectivity index (χ2v) is 6.87. The van der Waals surface area contributed by atoms with Crippen LogP contribution in [0.3, 0.4) is 0 Å². The number of guanidine groups is 1. The lowest BCUT2D eigenvalue weighted by molar-refractivity contribution is -0.131. The summed E-state index contributed by atoms with van der Waals surface area (Å²) in [5.74, 6) is -1.47. The number of aliphatic imine (C=N–C) groups is 1. The molecule has 0 aliphatic carbocycles. The van der Waals surface area contributed by atoms with Crippen LogP contribution in [-0.2, 0) is 25.7 Å². The van der Waals surface area contributed by atoms with E-state index < -0.39 is 42.6 Å². The number of hydrogen-bond donors (Lipinski definition) is 6. The first-order valence-corrected chi connectivity index (χ1v) is 9.96. The van der Waals surface area contributed by atoms with Crippen LogP contribution in [0.4, 0.5) is 4.79 Å². The van der Waals surface area contributed by atoms with Crippen LogP contribution in [0, 0.1) is 0 Å². The lowest BCUT2D eigenvalue weighted by atomic mass is 10.1. The van der Waals surface area contributed by atoms with Gasteiger partial charge in [0.25, 0.3) is 0 Å². The van der Waals surface area contributed by atoms with Crippen molar-refractivity contribution in [1.29, 1.82) is 0 Å². The van der Waals surface area contributed by atoms with Crippen molar-refractivity contribution in [1.82, 2.24) is 16.0 Å². The Balaban J connectivity index is 2.47. The Hall–Kier alpha value is -3.67. The number of aldehydes is 1. The molecule has 3 amide bonds. The van der Waals surface area contributed by atoms with E-state index in [4.69, 9.17) is 16.2 Å².